The van der Waals surface area contributed by atoms with Gasteiger partial charge in [0.05, 0.1) is 41.3 Å². The number of carbonyl (C=O) groups excluding carboxylic acids is 2. The number of hydrogen-bond donors (Lipinski definition) is 2. The molecule has 0 spiro atoms. The Hall–Kier alpha value is -2.78. The molecule has 6 rings (SSSR count). The molecule has 2 aliphatic carbocycles. The standard InChI is InChI=1S/2C19H28NO3.2CH4/c2*1-20(2)13-12-17(14-20)23-18(21)19(22,16-10-6-7-11-16)15-8-4-3-5-9-15;;/h2*3-5,8-9,16-17,22H,6-7,10-14H2,1-2H3;2*1H4/q2*+1;;/t17-,19+;17-,19-;;/m00../s1. The number of quaternary nitrogens is 2. The van der Waals surface area contributed by atoms with E-state index < -0.39 is 23.1 Å². The number of rotatable bonds is 8. The number of likely N-dealkylation sites (tertiary alicyclic amines) is 2. The summed E-state index contributed by atoms with van der Waals surface area (Å²) in [6, 6.07) is 18.7. The Balaban J connectivity index is 0.000000250. The third-order valence-electron chi connectivity index (χ3n) is 11.0. The number of ether oxygens (including phenoxy) is 2. The van der Waals surface area contributed by atoms with Gasteiger partial charge in [0.25, 0.3) is 0 Å². The number of carbonyl (C=O) groups is 2. The van der Waals surface area contributed by atoms with E-state index in [9.17, 15) is 19.8 Å². The molecule has 4 aliphatic rings. The lowest BCUT2D eigenvalue weighted by Gasteiger charge is -2.33. The first-order valence-corrected chi connectivity index (χ1v) is 17.5. The predicted octanol–water partition coefficient (Wildman–Crippen LogP) is 6.18. The third-order valence-corrected chi connectivity index (χ3v) is 11.0. The van der Waals surface area contributed by atoms with E-state index in [0.29, 0.717) is 11.1 Å². The first kappa shape index (κ1) is 39.7. The molecule has 2 saturated heterocycles. The van der Waals surface area contributed by atoms with E-state index in [0.717, 1.165) is 99.4 Å². The summed E-state index contributed by atoms with van der Waals surface area (Å²) in [5.74, 6) is -0.993. The van der Waals surface area contributed by atoms with E-state index in [1.165, 1.54) is 0 Å². The molecule has 0 radical (unpaired) electrons. The van der Waals surface area contributed by atoms with Crippen molar-refractivity contribution in [2.75, 3.05) is 54.4 Å². The molecule has 0 unspecified atom stereocenters. The molecule has 2 aromatic carbocycles. The van der Waals surface area contributed by atoms with Gasteiger partial charge in [-0.05, 0) is 36.8 Å². The van der Waals surface area contributed by atoms with Crippen LogP contribution in [0.3, 0.4) is 0 Å². The number of hydrogen-bond acceptors (Lipinski definition) is 6. The second-order valence-electron chi connectivity index (χ2n) is 15.5. The summed E-state index contributed by atoms with van der Waals surface area (Å²) in [6.07, 6.45) is 9.37. The van der Waals surface area contributed by atoms with Crippen LogP contribution in [0.5, 0.6) is 0 Å². The van der Waals surface area contributed by atoms with E-state index in [1.54, 1.807) is 0 Å². The zero-order valence-corrected chi connectivity index (χ0v) is 28.4. The van der Waals surface area contributed by atoms with Gasteiger partial charge in [0.1, 0.15) is 13.1 Å². The fourth-order valence-electron chi connectivity index (χ4n) is 8.24. The highest BCUT2D eigenvalue weighted by Gasteiger charge is 2.50. The van der Waals surface area contributed by atoms with Gasteiger partial charge in [-0.25, -0.2) is 9.59 Å². The van der Waals surface area contributed by atoms with Crippen LogP contribution in [0.1, 0.15) is 90.2 Å². The van der Waals surface area contributed by atoms with Gasteiger partial charge in [0.2, 0.25) is 0 Å². The molecule has 4 fully saturated rings. The van der Waals surface area contributed by atoms with Gasteiger partial charge in [-0.2, -0.15) is 0 Å². The van der Waals surface area contributed by atoms with Crippen molar-refractivity contribution in [1.82, 2.24) is 0 Å². The Morgan fingerprint density at radius 3 is 1.17 bits per heavy atom. The highest BCUT2D eigenvalue weighted by atomic mass is 16.6. The van der Waals surface area contributed by atoms with Crippen LogP contribution in [0.4, 0.5) is 0 Å². The smallest absolute Gasteiger partial charge is 0.343 e. The Bertz CT molecular complexity index is 1200. The Kier molecular flexibility index (Phi) is 13.5. The normalized spacial score (nSPS) is 25.7. The monoisotopic (exact) mass is 668 g/mol. The van der Waals surface area contributed by atoms with Gasteiger partial charge >= 0.3 is 11.9 Å². The molecule has 0 bridgehead atoms. The lowest BCUT2D eigenvalue weighted by atomic mass is 9.80. The quantitative estimate of drug-likeness (QED) is 0.258. The SMILES string of the molecule is C.C.C[N+]1(C)CC[C@H](OC(=O)[C@@](O)(c2ccccc2)C2CCCC2)C1.C[N+]1(C)CC[C@H](OC(=O)[C@](O)(c2ccccc2)C2CCCC2)C1. The van der Waals surface area contributed by atoms with E-state index in [-0.39, 0.29) is 38.9 Å². The minimum Gasteiger partial charge on any atom is -0.454 e. The van der Waals surface area contributed by atoms with E-state index in [1.807, 2.05) is 60.7 Å². The maximum atomic E-state index is 12.9. The zero-order chi connectivity index (χ0) is 33.0. The number of aliphatic hydroxyl groups is 2. The molecule has 8 heteroatoms. The zero-order valence-electron chi connectivity index (χ0n) is 28.4. The van der Waals surface area contributed by atoms with Gasteiger partial charge in [0, 0.05) is 24.7 Å². The van der Waals surface area contributed by atoms with Crippen molar-refractivity contribution in [3.8, 4) is 0 Å². The van der Waals surface area contributed by atoms with Crippen LogP contribution < -0.4 is 0 Å². The fraction of sp³-hybridized carbons (Fsp3) is 0.650. The molecule has 2 N–H and O–H groups in total. The highest BCUT2D eigenvalue weighted by molar-refractivity contribution is 5.82. The van der Waals surface area contributed by atoms with Crippen LogP contribution in [-0.2, 0) is 30.3 Å². The molecule has 0 aromatic heterocycles. The van der Waals surface area contributed by atoms with Crippen molar-refractivity contribution < 1.29 is 38.2 Å². The molecule has 268 valence electrons. The summed E-state index contributed by atoms with van der Waals surface area (Å²) in [4.78, 5) is 25.9. The molecule has 4 atom stereocenters. The van der Waals surface area contributed by atoms with Crippen LogP contribution in [0.15, 0.2) is 60.7 Å². The predicted molar refractivity (Wildman–Crippen MR) is 191 cm³/mol. The number of likely N-dealkylation sites (N-methyl/N-ethyl adjacent to an activating group) is 2. The van der Waals surface area contributed by atoms with Crippen molar-refractivity contribution >= 4 is 11.9 Å². The van der Waals surface area contributed by atoms with Crippen LogP contribution in [0, 0.1) is 11.8 Å². The summed E-state index contributed by atoms with van der Waals surface area (Å²) in [5, 5.41) is 22.7. The maximum absolute atomic E-state index is 12.9. The molecular weight excluding hydrogens is 604 g/mol. The minimum atomic E-state index is -1.50. The van der Waals surface area contributed by atoms with Crippen molar-refractivity contribution in [3.05, 3.63) is 71.8 Å². The molecule has 8 nitrogen and oxygen atoms in total. The minimum absolute atomic E-state index is 0. The summed E-state index contributed by atoms with van der Waals surface area (Å²) < 4.78 is 13.3. The Labute approximate surface area is 290 Å². The van der Waals surface area contributed by atoms with Gasteiger partial charge < -0.3 is 28.7 Å². The average Bonchev–Trinajstić information content (AvgIpc) is 3.87. The van der Waals surface area contributed by atoms with Crippen LogP contribution in [-0.4, -0.2) is 97.7 Å². The average molecular weight is 669 g/mol. The van der Waals surface area contributed by atoms with Gasteiger partial charge in [-0.1, -0.05) is 101 Å². The molecule has 48 heavy (non-hydrogen) atoms. The van der Waals surface area contributed by atoms with Gasteiger partial charge in [-0.3, -0.25) is 0 Å². The fourth-order valence-corrected chi connectivity index (χ4v) is 8.24. The summed E-state index contributed by atoms with van der Waals surface area (Å²) in [5.41, 5.74) is -1.66. The first-order chi connectivity index (χ1) is 21.8. The van der Waals surface area contributed by atoms with Gasteiger partial charge in [0.15, 0.2) is 23.4 Å². The topological polar surface area (TPSA) is 93.1 Å². The second-order valence-corrected chi connectivity index (χ2v) is 15.5. The molecule has 2 saturated carbocycles. The first-order valence-electron chi connectivity index (χ1n) is 17.5. The number of nitrogens with zero attached hydrogens (tertiary/aromatic N) is 2. The van der Waals surface area contributed by atoms with Crippen LogP contribution >= 0.6 is 0 Å². The highest BCUT2D eigenvalue weighted by Crippen LogP contribution is 2.43. The largest absolute Gasteiger partial charge is 0.454 e. The van der Waals surface area contributed by atoms with Crippen molar-refractivity contribution in [3.63, 3.8) is 0 Å². The molecule has 0 amide bonds. The number of esters is 2. The third kappa shape index (κ3) is 8.87. The maximum Gasteiger partial charge on any atom is 0.343 e. The lowest BCUT2D eigenvalue weighted by molar-refractivity contribution is -0.879. The van der Waals surface area contributed by atoms with Crippen molar-refractivity contribution in [2.24, 2.45) is 11.8 Å². The Morgan fingerprint density at radius 2 is 0.896 bits per heavy atom. The number of benzene rings is 2. The lowest BCUT2D eigenvalue weighted by Crippen LogP contribution is -2.46. The summed E-state index contributed by atoms with van der Waals surface area (Å²) in [6.45, 7) is 3.65. The Morgan fingerprint density at radius 1 is 0.583 bits per heavy atom. The van der Waals surface area contributed by atoms with E-state index >= 15 is 0 Å². The van der Waals surface area contributed by atoms with Crippen LogP contribution in [0.25, 0.3) is 0 Å². The van der Waals surface area contributed by atoms with Crippen molar-refractivity contribution in [1.29, 1.82) is 0 Å². The van der Waals surface area contributed by atoms with Crippen LogP contribution in [0.2, 0.25) is 0 Å². The van der Waals surface area contributed by atoms with E-state index in [4.69, 9.17) is 9.47 Å². The summed E-state index contributed by atoms with van der Waals surface area (Å²) >= 11 is 0. The van der Waals surface area contributed by atoms with Crippen molar-refractivity contribution in [2.45, 2.75) is 102 Å². The molecular formula is C40H64N2O6+2. The molecule has 2 heterocycles. The second kappa shape index (κ2) is 16.3. The van der Waals surface area contributed by atoms with E-state index in [2.05, 4.69) is 28.2 Å². The molecule has 2 aromatic rings. The summed E-state index contributed by atoms with van der Waals surface area (Å²) in [7, 11) is 8.59. The van der Waals surface area contributed by atoms with Gasteiger partial charge in [-0.15, -0.1) is 0 Å². The molecule has 2 aliphatic heterocycles.